The van der Waals surface area contributed by atoms with Gasteiger partial charge in [-0.25, -0.2) is 4.98 Å². The Kier molecular flexibility index (Phi) is 7.73. The van der Waals surface area contributed by atoms with E-state index in [1.54, 1.807) is 7.11 Å². The predicted molar refractivity (Wildman–Crippen MR) is 132 cm³/mol. The first-order valence-corrected chi connectivity index (χ1v) is 11.8. The molecule has 0 aliphatic carbocycles. The van der Waals surface area contributed by atoms with Crippen molar-refractivity contribution in [2.45, 2.75) is 46.1 Å². The minimum absolute atomic E-state index is 0.0406. The first-order valence-electron chi connectivity index (χ1n) is 11.0. The Morgan fingerprint density at radius 1 is 1.25 bits per heavy atom. The molecule has 1 amide bonds. The van der Waals surface area contributed by atoms with Crippen LogP contribution in [0.2, 0.25) is 0 Å². The van der Waals surface area contributed by atoms with Crippen molar-refractivity contribution in [1.82, 2.24) is 19.9 Å². The number of rotatable bonds is 10. The summed E-state index contributed by atoms with van der Waals surface area (Å²) in [6.07, 6.45) is 1.80. The molecule has 0 aliphatic rings. The number of aryl methyl sites for hydroxylation is 1. The van der Waals surface area contributed by atoms with Gasteiger partial charge < -0.3 is 20.3 Å². The number of carbonyl (C=O) groups excluding carboxylic acids is 1. The van der Waals surface area contributed by atoms with Gasteiger partial charge in [0.05, 0.1) is 6.54 Å². The van der Waals surface area contributed by atoms with E-state index in [4.69, 9.17) is 14.8 Å². The monoisotopic (exact) mass is 458 g/mol. The maximum Gasteiger partial charge on any atom is 0.239 e. The van der Waals surface area contributed by atoms with Crippen LogP contribution < -0.4 is 15.5 Å². The number of nitrogens with one attached hydrogen (secondary N) is 2. The highest BCUT2D eigenvalue weighted by molar-refractivity contribution is 7.20. The molecule has 0 saturated carbocycles. The Balaban J connectivity index is 1.85. The third-order valence-electron chi connectivity index (χ3n) is 4.88. The average molecular weight is 459 g/mol. The SMILES string of the molecule is CCc1ccc(-c2nc3sc(N(C)CC(=O)NCCCOC)nn3c2NC(C)(C)C)cc1. The molecule has 8 nitrogen and oxygen atoms in total. The smallest absolute Gasteiger partial charge is 0.239 e. The normalized spacial score (nSPS) is 11.7. The molecule has 0 fully saturated rings. The number of hydrogen-bond acceptors (Lipinski definition) is 7. The molecule has 1 aromatic carbocycles. The second-order valence-corrected chi connectivity index (χ2v) is 9.80. The Bertz CT molecular complexity index is 1040. The molecule has 9 heteroatoms. The van der Waals surface area contributed by atoms with Gasteiger partial charge in [-0.15, -0.1) is 5.10 Å². The predicted octanol–water partition coefficient (Wildman–Crippen LogP) is 3.82. The zero-order chi connectivity index (χ0) is 23.3. The Labute approximate surface area is 194 Å². The molecule has 0 bridgehead atoms. The van der Waals surface area contributed by atoms with E-state index in [1.807, 2.05) is 16.5 Å². The van der Waals surface area contributed by atoms with Gasteiger partial charge in [-0.2, -0.15) is 4.52 Å². The summed E-state index contributed by atoms with van der Waals surface area (Å²) in [5.41, 5.74) is 3.07. The number of likely N-dealkylation sites (N-methyl/N-ethyl adjacent to an activating group) is 1. The molecule has 0 aliphatic heterocycles. The number of hydrogen-bond donors (Lipinski definition) is 2. The second-order valence-electron chi connectivity index (χ2n) is 8.87. The standard InChI is InChI=1S/C23H34N6O2S/c1-7-16-9-11-17(12-10-16)19-20(26-23(2,3)4)29-21(25-19)32-22(27-29)28(5)15-18(30)24-13-8-14-31-6/h9-12,26H,7-8,13-15H2,1-6H3,(H,24,30). The van der Waals surface area contributed by atoms with Crippen LogP contribution in [0.15, 0.2) is 24.3 Å². The average Bonchev–Trinajstić information content (AvgIpc) is 3.30. The lowest BCUT2D eigenvalue weighted by Gasteiger charge is -2.22. The second kappa shape index (κ2) is 10.3. The summed E-state index contributed by atoms with van der Waals surface area (Å²) < 4.78 is 6.86. The van der Waals surface area contributed by atoms with E-state index in [-0.39, 0.29) is 18.0 Å². The Morgan fingerprint density at radius 2 is 1.97 bits per heavy atom. The summed E-state index contributed by atoms with van der Waals surface area (Å²) in [4.78, 5) is 19.8. The number of methoxy groups -OCH3 is 1. The van der Waals surface area contributed by atoms with Gasteiger partial charge >= 0.3 is 0 Å². The van der Waals surface area contributed by atoms with Crippen LogP contribution in [-0.4, -0.2) is 59.9 Å². The van der Waals surface area contributed by atoms with Gasteiger partial charge in [0, 0.05) is 38.4 Å². The maximum atomic E-state index is 12.2. The van der Waals surface area contributed by atoms with Crippen LogP contribution in [-0.2, 0) is 16.0 Å². The van der Waals surface area contributed by atoms with E-state index in [9.17, 15) is 4.79 Å². The van der Waals surface area contributed by atoms with Crippen molar-refractivity contribution in [3.05, 3.63) is 29.8 Å². The highest BCUT2D eigenvalue weighted by Gasteiger charge is 2.23. The van der Waals surface area contributed by atoms with Gasteiger partial charge in [0.1, 0.15) is 5.69 Å². The third kappa shape index (κ3) is 5.98. The van der Waals surface area contributed by atoms with Crippen LogP contribution in [0.5, 0.6) is 0 Å². The van der Waals surface area contributed by atoms with Crippen LogP contribution in [0.25, 0.3) is 16.2 Å². The molecule has 3 aromatic rings. The van der Waals surface area contributed by atoms with Crippen molar-refractivity contribution in [2.24, 2.45) is 0 Å². The van der Waals surface area contributed by atoms with Crippen LogP contribution in [0.3, 0.4) is 0 Å². The fraction of sp³-hybridized carbons (Fsp3) is 0.522. The van der Waals surface area contributed by atoms with Crippen molar-refractivity contribution in [3.8, 4) is 11.3 Å². The van der Waals surface area contributed by atoms with Gasteiger partial charge in [0.2, 0.25) is 16.0 Å². The molecule has 174 valence electrons. The molecule has 2 N–H and O–H groups in total. The Morgan fingerprint density at radius 3 is 2.59 bits per heavy atom. The van der Waals surface area contributed by atoms with E-state index in [2.05, 4.69) is 62.6 Å². The molecular formula is C23H34N6O2S. The highest BCUT2D eigenvalue weighted by Crippen LogP contribution is 2.34. The summed E-state index contributed by atoms with van der Waals surface area (Å²) in [6, 6.07) is 8.50. The lowest BCUT2D eigenvalue weighted by molar-refractivity contribution is -0.119. The summed E-state index contributed by atoms with van der Waals surface area (Å²) in [6.45, 7) is 9.96. The molecule has 0 saturated heterocycles. The lowest BCUT2D eigenvalue weighted by atomic mass is 10.1. The van der Waals surface area contributed by atoms with Crippen molar-refractivity contribution < 1.29 is 9.53 Å². The molecule has 0 unspecified atom stereocenters. The van der Waals surface area contributed by atoms with Crippen molar-refractivity contribution in [2.75, 3.05) is 44.1 Å². The summed E-state index contributed by atoms with van der Waals surface area (Å²) in [5.74, 6) is 0.817. The van der Waals surface area contributed by atoms with Gasteiger partial charge in [-0.3, -0.25) is 4.79 Å². The van der Waals surface area contributed by atoms with Crippen LogP contribution in [0.1, 0.15) is 39.7 Å². The number of benzene rings is 1. The minimum Gasteiger partial charge on any atom is -0.385 e. The summed E-state index contributed by atoms with van der Waals surface area (Å²) >= 11 is 1.47. The molecule has 0 spiro atoms. The zero-order valence-corrected chi connectivity index (χ0v) is 20.7. The van der Waals surface area contributed by atoms with E-state index in [0.717, 1.165) is 40.0 Å². The molecule has 2 aromatic heterocycles. The van der Waals surface area contributed by atoms with Gasteiger partial charge in [0.25, 0.3) is 0 Å². The van der Waals surface area contributed by atoms with Gasteiger partial charge in [0.15, 0.2) is 5.82 Å². The fourth-order valence-electron chi connectivity index (χ4n) is 3.24. The zero-order valence-electron chi connectivity index (χ0n) is 19.9. The van der Waals surface area contributed by atoms with Crippen molar-refractivity contribution in [1.29, 1.82) is 0 Å². The van der Waals surface area contributed by atoms with E-state index < -0.39 is 0 Å². The largest absolute Gasteiger partial charge is 0.385 e. The minimum atomic E-state index is -0.161. The first-order chi connectivity index (χ1) is 15.2. The molecular weight excluding hydrogens is 424 g/mol. The Hall–Kier alpha value is -2.65. The topological polar surface area (TPSA) is 83.8 Å². The molecule has 3 rings (SSSR count). The molecule has 2 heterocycles. The lowest BCUT2D eigenvalue weighted by Crippen LogP contribution is -2.35. The highest BCUT2D eigenvalue weighted by atomic mass is 32.1. The van der Waals surface area contributed by atoms with Crippen molar-refractivity contribution >= 4 is 33.2 Å². The number of carbonyl (C=O) groups is 1. The van der Waals surface area contributed by atoms with Crippen LogP contribution in [0, 0.1) is 0 Å². The quantitative estimate of drug-likeness (QED) is 0.450. The number of fused-ring (bicyclic) bond motifs is 1. The number of imidazole rings is 1. The molecule has 0 atom stereocenters. The van der Waals surface area contributed by atoms with E-state index in [1.165, 1.54) is 16.9 Å². The van der Waals surface area contributed by atoms with Gasteiger partial charge in [-0.1, -0.05) is 42.5 Å². The van der Waals surface area contributed by atoms with Crippen LogP contribution in [0.4, 0.5) is 10.9 Å². The fourth-order valence-corrected chi connectivity index (χ4v) is 4.10. The number of anilines is 2. The molecule has 32 heavy (non-hydrogen) atoms. The summed E-state index contributed by atoms with van der Waals surface area (Å²) in [5, 5.41) is 12.0. The van der Waals surface area contributed by atoms with Gasteiger partial charge in [-0.05, 0) is 39.2 Å². The summed E-state index contributed by atoms with van der Waals surface area (Å²) in [7, 11) is 3.52. The number of aromatic nitrogens is 3. The number of amides is 1. The van der Waals surface area contributed by atoms with E-state index in [0.29, 0.717) is 13.2 Å². The van der Waals surface area contributed by atoms with Crippen molar-refractivity contribution in [3.63, 3.8) is 0 Å². The maximum absolute atomic E-state index is 12.2. The number of nitrogens with zero attached hydrogens (tertiary/aromatic N) is 4. The van der Waals surface area contributed by atoms with E-state index >= 15 is 0 Å². The number of ether oxygens (including phenoxy) is 1. The first kappa shape index (κ1) is 24.0. The van der Waals surface area contributed by atoms with Crippen LogP contribution >= 0.6 is 11.3 Å². The molecule has 0 radical (unpaired) electrons. The third-order valence-corrected chi connectivity index (χ3v) is 5.90.